The highest BCUT2D eigenvalue weighted by molar-refractivity contribution is 7.89. The first-order chi connectivity index (χ1) is 16.1. The molecule has 2 aliphatic rings. The summed E-state index contributed by atoms with van der Waals surface area (Å²) in [6.45, 7) is 5.14. The maximum absolute atomic E-state index is 13.4. The van der Waals surface area contributed by atoms with Crippen LogP contribution in [0.2, 0.25) is 0 Å². The van der Waals surface area contributed by atoms with Crippen LogP contribution in [-0.4, -0.2) is 56.4 Å². The summed E-state index contributed by atoms with van der Waals surface area (Å²) >= 11 is -1.30. The van der Waals surface area contributed by atoms with E-state index in [1.165, 1.54) is 4.68 Å². The van der Waals surface area contributed by atoms with Gasteiger partial charge in [0.1, 0.15) is 17.0 Å². The Kier molecular flexibility index (Phi) is 6.34. The smallest absolute Gasteiger partial charge is 0.316 e. The van der Waals surface area contributed by atoms with E-state index in [0.717, 1.165) is 6.42 Å². The Morgan fingerprint density at radius 1 is 1.09 bits per heavy atom. The SMILES string of the molecule is CC1CC1COc1c(N2CCN([S+]([O-])c3ccccn3)CC2)cnn(-c2ccccc2)c1=O. The lowest BCUT2D eigenvalue weighted by Crippen LogP contribution is -2.49. The van der Waals surface area contributed by atoms with Gasteiger partial charge in [-0.05, 0) is 36.5 Å². The Balaban J connectivity index is 1.37. The van der Waals surface area contributed by atoms with Crippen LogP contribution in [0, 0.1) is 11.8 Å². The summed E-state index contributed by atoms with van der Waals surface area (Å²) in [4.78, 5) is 19.7. The molecule has 0 spiro atoms. The van der Waals surface area contributed by atoms with Gasteiger partial charge in [-0.15, -0.1) is 4.31 Å². The van der Waals surface area contributed by atoms with E-state index < -0.39 is 11.4 Å². The highest BCUT2D eigenvalue weighted by atomic mass is 32.2. The number of anilines is 1. The van der Waals surface area contributed by atoms with Crippen molar-refractivity contribution in [2.45, 2.75) is 18.4 Å². The molecule has 0 radical (unpaired) electrons. The van der Waals surface area contributed by atoms with Crippen LogP contribution in [-0.2, 0) is 11.4 Å². The Labute approximate surface area is 196 Å². The monoisotopic (exact) mass is 465 g/mol. The normalized spacial score (nSPS) is 21.6. The molecule has 1 saturated carbocycles. The fourth-order valence-corrected chi connectivity index (χ4v) is 5.15. The van der Waals surface area contributed by atoms with Crippen molar-refractivity contribution in [3.63, 3.8) is 0 Å². The second-order valence-electron chi connectivity index (χ2n) is 8.53. The van der Waals surface area contributed by atoms with Gasteiger partial charge in [-0.25, -0.2) is 4.98 Å². The van der Waals surface area contributed by atoms with Gasteiger partial charge in [0.2, 0.25) is 5.75 Å². The van der Waals surface area contributed by atoms with Crippen LogP contribution in [0.1, 0.15) is 13.3 Å². The Bertz CT molecular complexity index is 1140. The second-order valence-corrected chi connectivity index (χ2v) is 9.96. The van der Waals surface area contributed by atoms with E-state index >= 15 is 0 Å². The van der Waals surface area contributed by atoms with Crippen molar-refractivity contribution in [1.29, 1.82) is 0 Å². The van der Waals surface area contributed by atoms with E-state index in [1.807, 2.05) is 46.8 Å². The molecule has 0 bridgehead atoms. The van der Waals surface area contributed by atoms with Gasteiger partial charge in [-0.3, -0.25) is 4.79 Å². The number of nitrogens with zero attached hydrogens (tertiary/aromatic N) is 5. The van der Waals surface area contributed by atoms with Gasteiger partial charge >= 0.3 is 5.56 Å². The number of ether oxygens (including phenoxy) is 1. The van der Waals surface area contributed by atoms with Crippen molar-refractivity contribution in [3.05, 3.63) is 71.3 Å². The minimum Gasteiger partial charge on any atom is -0.592 e. The van der Waals surface area contributed by atoms with Crippen molar-refractivity contribution in [1.82, 2.24) is 19.1 Å². The molecule has 0 amide bonds. The fourth-order valence-electron chi connectivity index (χ4n) is 4.04. The molecule has 5 rings (SSSR count). The summed E-state index contributed by atoms with van der Waals surface area (Å²) in [5, 5.41) is 5.00. The van der Waals surface area contributed by atoms with E-state index in [1.54, 1.807) is 18.5 Å². The van der Waals surface area contributed by atoms with Crippen LogP contribution in [0.5, 0.6) is 5.75 Å². The van der Waals surface area contributed by atoms with Crippen molar-refractivity contribution < 1.29 is 9.29 Å². The van der Waals surface area contributed by atoms with Crippen molar-refractivity contribution in [2.75, 3.05) is 37.7 Å². The third-order valence-corrected chi connectivity index (χ3v) is 7.70. The van der Waals surface area contributed by atoms with E-state index in [4.69, 9.17) is 4.74 Å². The third kappa shape index (κ3) is 4.75. The van der Waals surface area contributed by atoms with Crippen molar-refractivity contribution >= 4 is 17.0 Å². The fraction of sp³-hybridized carbons (Fsp3) is 0.375. The van der Waals surface area contributed by atoms with Crippen LogP contribution in [0.15, 0.2) is 70.7 Å². The largest absolute Gasteiger partial charge is 0.592 e. The molecule has 0 N–H and O–H groups in total. The number of rotatable bonds is 7. The van der Waals surface area contributed by atoms with Gasteiger partial charge in [-0.1, -0.05) is 31.2 Å². The predicted octanol–water partition coefficient (Wildman–Crippen LogP) is 2.51. The van der Waals surface area contributed by atoms with Crippen LogP contribution in [0.3, 0.4) is 0 Å². The van der Waals surface area contributed by atoms with Crippen LogP contribution in [0.4, 0.5) is 5.69 Å². The van der Waals surface area contributed by atoms with Crippen LogP contribution in [0.25, 0.3) is 5.69 Å². The molecular weight excluding hydrogens is 438 g/mol. The van der Waals surface area contributed by atoms with Gasteiger partial charge in [0.15, 0.2) is 0 Å². The molecule has 1 aliphatic heterocycles. The van der Waals surface area contributed by atoms with Gasteiger partial charge in [0.25, 0.3) is 5.03 Å². The summed E-state index contributed by atoms with van der Waals surface area (Å²) < 4.78 is 22.3. The topological polar surface area (TPSA) is 86.5 Å². The lowest BCUT2D eigenvalue weighted by Gasteiger charge is -2.35. The standard InChI is InChI=1S/C24H27N5O3S/c1-18-15-19(18)17-32-23-21(16-26-29(24(23)30)20-7-3-2-4-8-20)27-11-13-28(14-12-27)33(31)22-9-5-6-10-25-22/h2-10,16,18-19H,11-15,17H2,1H3. The Morgan fingerprint density at radius 2 is 1.82 bits per heavy atom. The number of para-hydroxylation sites is 1. The number of aromatic nitrogens is 3. The molecule has 33 heavy (non-hydrogen) atoms. The number of piperazine rings is 1. The maximum Gasteiger partial charge on any atom is 0.316 e. The third-order valence-electron chi connectivity index (χ3n) is 6.26. The predicted molar refractivity (Wildman–Crippen MR) is 127 cm³/mol. The molecule has 2 fully saturated rings. The molecule has 3 heterocycles. The minimum absolute atomic E-state index is 0.258. The number of hydrogen-bond acceptors (Lipinski definition) is 7. The highest BCUT2D eigenvalue weighted by Crippen LogP contribution is 2.38. The molecule has 3 unspecified atom stereocenters. The lowest BCUT2D eigenvalue weighted by molar-refractivity contribution is 0.286. The number of hydrogen-bond donors (Lipinski definition) is 0. The zero-order valence-corrected chi connectivity index (χ0v) is 19.4. The highest BCUT2D eigenvalue weighted by Gasteiger charge is 2.35. The zero-order valence-electron chi connectivity index (χ0n) is 18.5. The lowest BCUT2D eigenvalue weighted by atomic mass is 10.3. The minimum atomic E-state index is -1.30. The zero-order chi connectivity index (χ0) is 22.8. The molecule has 3 atom stereocenters. The molecule has 3 aromatic rings. The maximum atomic E-state index is 13.4. The summed E-state index contributed by atoms with van der Waals surface area (Å²) in [6.07, 6.45) is 4.50. The second kappa shape index (κ2) is 9.54. The van der Waals surface area contributed by atoms with Crippen LogP contribution < -0.4 is 15.2 Å². The summed E-state index contributed by atoms with van der Waals surface area (Å²) in [5.74, 6) is 1.47. The van der Waals surface area contributed by atoms with E-state index in [0.29, 0.717) is 66.8 Å². The summed E-state index contributed by atoms with van der Waals surface area (Å²) in [5.41, 5.74) is 1.14. The molecule has 8 nitrogen and oxygen atoms in total. The van der Waals surface area contributed by atoms with E-state index in [9.17, 15) is 9.35 Å². The first-order valence-corrected chi connectivity index (χ1v) is 12.4. The van der Waals surface area contributed by atoms with Gasteiger partial charge < -0.3 is 14.2 Å². The summed E-state index contributed by atoms with van der Waals surface area (Å²) in [7, 11) is 0. The molecule has 1 aromatic carbocycles. The Hall–Kier alpha value is -2.88. The molecule has 2 aromatic heterocycles. The first-order valence-electron chi connectivity index (χ1n) is 11.2. The first kappa shape index (κ1) is 21.9. The Morgan fingerprint density at radius 3 is 2.48 bits per heavy atom. The van der Waals surface area contributed by atoms with E-state index in [2.05, 4.69) is 21.9 Å². The van der Waals surface area contributed by atoms with Gasteiger partial charge in [0.05, 0.1) is 31.6 Å². The van der Waals surface area contributed by atoms with Gasteiger partial charge in [0, 0.05) is 25.4 Å². The average molecular weight is 466 g/mol. The van der Waals surface area contributed by atoms with Crippen molar-refractivity contribution in [3.8, 4) is 11.4 Å². The average Bonchev–Trinajstić information content (AvgIpc) is 3.58. The van der Waals surface area contributed by atoms with E-state index in [-0.39, 0.29) is 5.56 Å². The summed E-state index contributed by atoms with van der Waals surface area (Å²) in [6, 6.07) is 14.8. The molecule has 172 valence electrons. The van der Waals surface area contributed by atoms with Crippen LogP contribution >= 0.6 is 0 Å². The quantitative estimate of drug-likeness (QED) is 0.496. The number of pyridine rings is 1. The molecule has 1 saturated heterocycles. The van der Waals surface area contributed by atoms with Crippen molar-refractivity contribution in [2.24, 2.45) is 11.8 Å². The van der Waals surface area contributed by atoms with Gasteiger partial charge in [-0.2, -0.15) is 9.78 Å². The molecular formula is C24H27N5O3S. The number of benzene rings is 1. The molecule has 9 heteroatoms. The molecule has 1 aliphatic carbocycles.